The number of piperidine rings is 1. The van der Waals surface area contributed by atoms with Crippen LogP contribution in [0.15, 0.2) is 0 Å². The molecule has 7 nitrogen and oxygen atoms in total. The van der Waals surface area contributed by atoms with Gasteiger partial charge in [0.1, 0.15) is 0 Å². The molecule has 118 valence electrons. The molecule has 1 rings (SSSR count). The van der Waals surface area contributed by atoms with Crippen LogP contribution in [0.3, 0.4) is 0 Å². The summed E-state index contributed by atoms with van der Waals surface area (Å²) in [7, 11) is -1.55. The first kappa shape index (κ1) is 17.4. The lowest BCUT2D eigenvalue weighted by Gasteiger charge is -2.31. The number of sulfonamides is 1. The van der Waals surface area contributed by atoms with Crippen LogP contribution >= 0.6 is 0 Å². The smallest absolute Gasteiger partial charge is 0.234 e. The van der Waals surface area contributed by atoms with E-state index in [-0.39, 0.29) is 18.0 Å². The van der Waals surface area contributed by atoms with Gasteiger partial charge in [0.15, 0.2) is 0 Å². The van der Waals surface area contributed by atoms with Crippen LogP contribution in [0.2, 0.25) is 0 Å². The fraction of sp³-hybridized carbons (Fsp3) is 0.917. The van der Waals surface area contributed by atoms with Crippen molar-refractivity contribution in [1.82, 2.24) is 14.9 Å². The average Bonchev–Trinajstić information content (AvgIpc) is 2.30. The summed E-state index contributed by atoms with van der Waals surface area (Å²) < 4.78 is 29.9. The molecule has 0 aromatic rings. The minimum Gasteiger partial charge on any atom is -0.383 e. The average molecular weight is 307 g/mol. The van der Waals surface area contributed by atoms with Crippen molar-refractivity contribution in [2.45, 2.75) is 31.8 Å². The molecule has 0 aliphatic carbocycles. The van der Waals surface area contributed by atoms with E-state index in [4.69, 9.17) is 4.74 Å². The SMILES string of the molecule is COC[C@H](C)NC(=O)CN1CCC(NS(C)(=O)=O)CC1. The Labute approximate surface area is 121 Å². The Kier molecular flexibility index (Phi) is 6.87. The summed E-state index contributed by atoms with van der Waals surface area (Å²) in [5.41, 5.74) is 0. The maximum atomic E-state index is 11.8. The van der Waals surface area contributed by atoms with Crippen LogP contribution in [0.4, 0.5) is 0 Å². The highest BCUT2D eigenvalue weighted by Crippen LogP contribution is 2.10. The molecule has 1 aliphatic heterocycles. The molecule has 0 aromatic heterocycles. The number of nitrogens with one attached hydrogen (secondary N) is 2. The van der Waals surface area contributed by atoms with Gasteiger partial charge in [-0.15, -0.1) is 0 Å². The van der Waals surface area contributed by atoms with E-state index in [2.05, 4.69) is 10.0 Å². The maximum Gasteiger partial charge on any atom is 0.234 e. The second kappa shape index (κ2) is 7.92. The molecule has 0 saturated carbocycles. The number of methoxy groups -OCH3 is 1. The molecule has 1 aliphatic rings. The van der Waals surface area contributed by atoms with E-state index in [0.717, 1.165) is 25.9 Å². The van der Waals surface area contributed by atoms with Crippen LogP contribution in [0, 0.1) is 0 Å². The fourth-order valence-electron chi connectivity index (χ4n) is 2.33. The Balaban J connectivity index is 2.27. The van der Waals surface area contributed by atoms with Crippen molar-refractivity contribution in [2.24, 2.45) is 0 Å². The summed E-state index contributed by atoms with van der Waals surface area (Å²) in [6.07, 6.45) is 2.63. The van der Waals surface area contributed by atoms with E-state index in [1.807, 2.05) is 11.8 Å². The second-order valence-corrected chi connectivity index (χ2v) is 7.14. The molecular weight excluding hydrogens is 282 g/mol. The third-order valence-electron chi connectivity index (χ3n) is 3.16. The minimum absolute atomic E-state index is 0.00283. The second-order valence-electron chi connectivity index (χ2n) is 5.36. The zero-order chi connectivity index (χ0) is 15.2. The van der Waals surface area contributed by atoms with Gasteiger partial charge in [0.05, 0.1) is 19.4 Å². The molecule has 0 spiro atoms. The molecule has 1 saturated heterocycles. The molecule has 8 heteroatoms. The summed E-state index contributed by atoms with van der Waals surface area (Å²) >= 11 is 0. The Morgan fingerprint density at radius 3 is 2.50 bits per heavy atom. The van der Waals surface area contributed by atoms with Gasteiger partial charge in [-0.2, -0.15) is 0 Å². The molecule has 0 aromatic carbocycles. The van der Waals surface area contributed by atoms with Crippen LogP contribution in [-0.4, -0.2) is 70.9 Å². The fourth-order valence-corrected chi connectivity index (χ4v) is 3.17. The van der Waals surface area contributed by atoms with Crippen molar-refractivity contribution >= 4 is 15.9 Å². The quantitative estimate of drug-likeness (QED) is 0.640. The van der Waals surface area contributed by atoms with Crippen LogP contribution < -0.4 is 10.0 Å². The number of hydrogen-bond donors (Lipinski definition) is 2. The summed E-state index contributed by atoms with van der Waals surface area (Å²) in [6.45, 7) is 4.17. The number of ether oxygens (including phenoxy) is 1. The van der Waals surface area contributed by atoms with E-state index in [1.54, 1.807) is 7.11 Å². The summed E-state index contributed by atoms with van der Waals surface area (Å²) in [5, 5.41) is 2.86. The molecule has 1 fully saturated rings. The molecule has 0 bridgehead atoms. The van der Waals surface area contributed by atoms with Gasteiger partial charge in [0.25, 0.3) is 0 Å². The molecule has 1 atom stereocenters. The standard InChI is InChI=1S/C12H25N3O4S/c1-10(9-19-2)13-12(16)8-15-6-4-11(5-7-15)14-20(3,17)18/h10-11,14H,4-9H2,1-3H3,(H,13,16)/t10-/m0/s1. The monoisotopic (exact) mass is 307 g/mol. The number of amides is 1. The first-order valence-electron chi connectivity index (χ1n) is 6.78. The van der Waals surface area contributed by atoms with Crippen molar-refractivity contribution in [3.05, 3.63) is 0 Å². The van der Waals surface area contributed by atoms with Crippen molar-refractivity contribution in [2.75, 3.05) is 39.6 Å². The number of likely N-dealkylation sites (tertiary alicyclic amines) is 1. The zero-order valence-corrected chi connectivity index (χ0v) is 13.2. The van der Waals surface area contributed by atoms with Crippen molar-refractivity contribution in [3.8, 4) is 0 Å². The Bertz CT molecular complexity index is 405. The molecule has 0 unspecified atom stereocenters. The first-order valence-corrected chi connectivity index (χ1v) is 8.67. The van der Waals surface area contributed by atoms with Gasteiger partial charge in [0.2, 0.25) is 15.9 Å². The first-order chi connectivity index (χ1) is 9.30. The number of carbonyl (C=O) groups excluding carboxylic acids is 1. The van der Waals surface area contributed by atoms with Gasteiger partial charge in [-0.3, -0.25) is 9.69 Å². The van der Waals surface area contributed by atoms with E-state index >= 15 is 0 Å². The van der Waals surface area contributed by atoms with Gasteiger partial charge >= 0.3 is 0 Å². The minimum atomic E-state index is -3.15. The number of rotatable bonds is 7. The number of hydrogen-bond acceptors (Lipinski definition) is 5. The largest absolute Gasteiger partial charge is 0.383 e. The summed E-state index contributed by atoms with van der Waals surface area (Å²) in [4.78, 5) is 13.8. The molecule has 20 heavy (non-hydrogen) atoms. The van der Waals surface area contributed by atoms with E-state index in [1.165, 1.54) is 6.26 Å². The van der Waals surface area contributed by atoms with Gasteiger partial charge in [0, 0.05) is 32.3 Å². The zero-order valence-electron chi connectivity index (χ0n) is 12.4. The summed E-state index contributed by atoms with van der Waals surface area (Å²) in [5.74, 6) is -0.0240. The predicted octanol–water partition coefficient (Wildman–Crippen LogP) is -0.849. The number of carbonyl (C=O) groups is 1. The molecule has 0 radical (unpaired) electrons. The van der Waals surface area contributed by atoms with Crippen LogP contribution in [0.25, 0.3) is 0 Å². The lowest BCUT2D eigenvalue weighted by molar-refractivity contribution is -0.123. The third-order valence-corrected chi connectivity index (χ3v) is 3.92. The summed E-state index contributed by atoms with van der Waals surface area (Å²) in [6, 6.07) is -0.0198. The van der Waals surface area contributed by atoms with Gasteiger partial charge in [-0.25, -0.2) is 13.1 Å². The van der Waals surface area contributed by atoms with Crippen molar-refractivity contribution < 1.29 is 17.9 Å². The van der Waals surface area contributed by atoms with Crippen molar-refractivity contribution in [3.63, 3.8) is 0 Å². The Morgan fingerprint density at radius 2 is 2.00 bits per heavy atom. The lowest BCUT2D eigenvalue weighted by atomic mass is 10.1. The topological polar surface area (TPSA) is 87.7 Å². The van der Waals surface area contributed by atoms with Gasteiger partial charge < -0.3 is 10.1 Å². The van der Waals surface area contributed by atoms with Crippen molar-refractivity contribution in [1.29, 1.82) is 0 Å². The van der Waals surface area contributed by atoms with E-state index in [0.29, 0.717) is 13.2 Å². The molecule has 1 amide bonds. The Morgan fingerprint density at radius 1 is 1.40 bits per heavy atom. The highest BCUT2D eigenvalue weighted by molar-refractivity contribution is 7.88. The van der Waals surface area contributed by atoms with E-state index < -0.39 is 10.0 Å². The van der Waals surface area contributed by atoms with Crippen LogP contribution in [0.1, 0.15) is 19.8 Å². The predicted molar refractivity (Wildman–Crippen MR) is 76.9 cm³/mol. The maximum absolute atomic E-state index is 11.8. The molecular formula is C12H25N3O4S. The highest BCUT2D eigenvalue weighted by Gasteiger charge is 2.23. The lowest BCUT2D eigenvalue weighted by Crippen LogP contribution is -2.48. The Hall–Kier alpha value is -0.700. The third kappa shape index (κ3) is 7.18. The number of nitrogens with zero attached hydrogens (tertiary/aromatic N) is 1. The van der Waals surface area contributed by atoms with Gasteiger partial charge in [-0.05, 0) is 19.8 Å². The highest BCUT2D eigenvalue weighted by atomic mass is 32.2. The van der Waals surface area contributed by atoms with Gasteiger partial charge in [-0.1, -0.05) is 0 Å². The molecule has 2 N–H and O–H groups in total. The van der Waals surface area contributed by atoms with E-state index in [9.17, 15) is 13.2 Å². The molecule has 1 heterocycles. The van der Waals surface area contributed by atoms with Crippen LogP contribution in [0.5, 0.6) is 0 Å². The van der Waals surface area contributed by atoms with Crippen LogP contribution in [-0.2, 0) is 19.6 Å². The normalized spacial score (nSPS) is 19.8.